The van der Waals surface area contributed by atoms with E-state index in [0.717, 1.165) is 24.6 Å². The largest absolute Gasteiger partial charge is 0.377 e. The number of hydrogen-bond donors (Lipinski definition) is 0. The van der Waals surface area contributed by atoms with Gasteiger partial charge in [-0.25, -0.2) is 0 Å². The molecule has 0 amide bonds. The molecule has 0 spiro atoms. The van der Waals surface area contributed by atoms with E-state index in [1.54, 1.807) is 0 Å². The predicted molar refractivity (Wildman–Crippen MR) is 54.1 cm³/mol. The van der Waals surface area contributed by atoms with Crippen LogP contribution in [0, 0.1) is 0 Å². The molecule has 0 radical (unpaired) electrons. The van der Waals surface area contributed by atoms with Crippen molar-refractivity contribution in [1.29, 1.82) is 0 Å². The zero-order valence-electron chi connectivity index (χ0n) is 7.62. The van der Waals surface area contributed by atoms with E-state index in [9.17, 15) is 0 Å². The molecule has 3 heteroatoms. The smallest absolute Gasteiger partial charge is 0.0858 e. The number of hydrogen-bond acceptors (Lipinski definition) is 2. The van der Waals surface area contributed by atoms with Crippen LogP contribution < -0.4 is 0 Å². The first kappa shape index (κ1) is 9.68. The Bertz CT molecular complexity index is 189. The highest BCUT2D eigenvalue weighted by atomic mass is 32.1. The van der Waals surface area contributed by atoms with Gasteiger partial charge in [0, 0.05) is 19.2 Å². The van der Waals surface area contributed by atoms with Gasteiger partial charge in [0.25, 0.3) is 0 Å². The Morgan fingerprint density at radius 3 is 2.92 bits per heavy atom. The lowest BCUT2D eigenvalue weighted by Gasteiger charge is -2.16. The summed E-state index contributed by atoms with van der Waals surface area (Å²) in [7, 11) is 0. The monoisotopic (exact) mass is 185 g/mol. The molecule has 12 heavy (non-hydrogen) atoms. The second-order valence-corrected chi connectivity index (χ2v) is 3.57. The van der Waals surface area contributed by atoms with Crippen LogP contribution in [0.3, 0.4) is 0 Å². The molecule has 2 nitrogen and oxygen atoms in total. The number of rotatable bonds is 4. The van der Waals surface area contributed by atoms with Crippen LogP contribution in [-0.2, 0) is 4.74 Å². The first-order chi connectivity index (χ1) is 5.70. The molecule has 0 bridgehead atoms. The van der Waals surface area contributed by atoms with Crippen molar-refractivity contribution in [2.45, 2.75) is 26.4 Å². The number of nitrogens with zero attached hydrogens (tertiary/aromatic N) is 1. The molecule has 0 unspecified atom stereocenters. The van der Waals surface area contributed by atoms with Gasteiger partial charge in [0.15, 0.2) is 0 Å². The van der Waals surface area contributed by atoms with E-state index in [1.807, 2.05) is 20.0 Å². The molecule has 0 aromatic rings. The van der Waals surface area contributed by atoms with E-state index in [4.69, 9.17) is 17.0 Å². The molecule has 1 aliphatic heterocycles. The number of thiocarbonyl (C=S) groups is 1. The van der Waals surface area contributed by atoms with Crippen LogP contribution in [0.2, 0.25) is 0 Å². The summed E-state index contributed by atoms with van der Waals surface area (Å²) in [5, 5.41) is 0. The molecule has 1 heterocycles. The summed E-state index contributed by atoms with van der Waals surface area (Å²) in [5.41, 5.74) is 0. The van der Waals surface area contributed by atoms with Gasteiger partial charge in [-0.05, 0) is 13.8 Å². The molecule has 0 atom stereocenters. The van der Waals surface area contributed by atoms with Crippen LogP contribution in [0.4, 0.5) is 0 Å². The van der Waals surface area contributed by atoms with Gasteiger partial charge in [0.1, 0.15) is 0 Å². The highest BCUT2D eigenvalue weighted by Crippen LogP contribution is 2.07. The summed E-state index contributed by atoms with van der Waals surface area (Å²) in [5.74, 6) is 0. The Morgan fingerprint density at radius 2 is 2.42 bits per heavy atom. The molecule has 0 aliphatic carbocycles. The zero-order valence-corrected chi connectivity index (χ0v) is 8.43. The fourth-order valence-corrected chi connectivity index (χ4v) is 1.32. The second-order valence-electron chi connectivity index (χ2n) is 3.10. The average molecular weight is 185 g/mol. The van der Waals surface area contributed by atoms with E-state index >= 15 is 0 Å². The lowest BCUT2D eigenvalue weighted by molar-refractivity contribution is 0.0746. The minimum Gasteiger partial charge on any atom is -0.377 e. The van der Waals surface area contributed by atoms with E-state index in [0.29, 0.717) is 6.10 Å². The van der Waals surface area contributed by atoms with Crippen molar-refractivity contribution in [3.05, 3.63) is 12.3 Å². The minimum atomic E-state index is 0.310. The molecule has 0 aromatic carbocycles. The lowest BCUT2D eigenvalue weighted by Crippen LogP contribution is -2.25. The Kier molecular flexibility index (Phi) is 3.69. The van der Waals surface area contributed by atoms with Crippen LogP contribution in [0.5, 0.6) is 0 Å². The minimum absolute atomic E-state index is 0.310. The van der Waals surface area contributed by atoms with Gasteiger partial charge in [0.05, 0.1) is 17.7 Å². The summed E-state index contributed by atoms with van der Waals surface area (Å²) in [6.45, 7) is 5.71. The molecule has 0 fully saturated rings. The Hall–Kier alpha value is -0.410. The lowest BCUT2D eigenvalue weighted by atomic mass is 10.4. The maximum absolute atomic E-state index is 5.42. The Balaban J connectivity index is 2.15. The molecule has 0 aromatic heterocycles. The quantitative estimate of drug-likeness (QED) is 0.621. The van der Waals surface area contributed by atoms with Crippen LogP contribution in [0.1, 0.15) is 20.3 Å². The van der Waals surface area contributed by atoms with Crippen LogP contribution in [0.25, 0.3) is 0 Å². The van der Waals surface area contributed by atoms with Crippen molar-refractivity contribution in [2.75, 3.05) is 13.2 Å². The summed E-state index contributed by atoms with van der Waals surface area (Å²) in [6.07, 6.45) is 5.34. The molecular formula is C9H15NOS. The highest BCUT2D eigenvalue weighted by molar-refractivity contribution is 7.80. The van der Waals surface area contributed by atoms with E-state index < -0.39 is 0 Å². The normalized spacial score (nSPS) is 16.6. The van der Waals surface area contributed by atoms with Crippen molar-refractivity contribution in [3.63, 3.8) is 0 Å². The van der Waals surface area contributed by atoms with Crippen molar-refractivity contribution < 1.29 is 4.74 Å². The first-order valence-electron chi connectivity index (χ1n) is 4.28. The van der Waals surface area contributed by atoms with Gasteiger partial charge in [-0.15, -0.1) is 0 Å². The third-order valence-corrected chi connectivity index (χ3v) is 2.08. The predicted octanol–water partition coefficient (Wildman–Crippen LogP) is 1.96. The Labute approximate surface area is 79.2 Å². The maximum atomic E-state index is 5.42. The number of ether oxygens (including phenoxy) is 1. The van der Waals surface area contributed by atoms with E-state index in [2.05, 4.69) is 11.0 Å². The molecule has 0 saturated heterocycles. The van der Waals surface area contributed by atoms with Crippen LogP contribution in [0.15, 0.2) is 12.3 Å². The van der Waals surface area contributed by atoms with Gasteiger partial charge in [0.2, 0.25) is 0 Å². The van der Waals surface area contributed by atoms with Crippen LogP contribution >= 0.6 is 12.2 Å². The SMILES string of the molecule is CC(C)OCCN1C=CCC1=S. The summed E-state index contributed by atoms with van der Waals surface area (Å²) in [4.78, 5) is 3.07. The topological polar surface area (TPSA) is 12.5 Å². The van der Waals surface area contributed by atoms with Gasteiger partial charge < -0.3 is 9.64 Å². The summed E-state index contributed by atoms with van der Waals surface area (Å²) in [6, 6.07) is 0. The summed E-state index contributed by atoms with van der Waals surface area (Å²) < 4.78 is 5.42. The second kappa shape index (κ2) is 4.58. The van der Waals surface area contributed by atoms with Crippen molar-refractivity contribution in [1.82, 2.24) is 4.90 Å². The van der Waals surface area contributed by atoms with Gasteiger partial charge in [-0.2, -0.15) is 0 Å². The van der Waals surface area contributed by atoms with Gasteiger partial charge >= 0.3 is 0 Å². The van der Waals surface area contributed by atoms with E-state index in [1.165, 1.54) is 0 Å². The molecule has 0 saturated carbocycles. The van der Waals surface area contributed by atoms with E-state index in [-0.39, 0.29) is 0 Å². The molecule has 0 N–H and O–H groups in total. The van der Waals surface area contributed by atoms with Crippen molar-refractivity contribution in [3.8, 4) is 0 Å². The first-order valence-corrected chi connectivity index (χ1v) is 4.68. The molecule has 68 valence electrons. The molecule has 1 rings (SSSR count). The van der Waals surface area contributed by atoms with Crippen molar-refractivity contribution in [2.24, 2.45) is 0 Å². The molecule has 1 aliphatic rings. The Morgan fingerprint density at radius 1 is 1.67 bits per heavy atom. The third kappa shape index (κ3) is 2.91. The zero-order chi connectivity index (χ0) is 8.97. The van der Waals surface area contributed by atoms with Gasteiger partial charge in [-0.1, -0.05) is 18.3 Å². The maximum Gasteiger partial charge on any atom is 0.0858 e. The van der Waals surface area contributed by atoms with Crippen LogP contribution in [-0.4, -0.2) is 29.1 Å². The standard InChI is InChI=1S/C9H15NOS/c1-8(2)11-7-6-10-5-3-4-9(10)12/h3,5,8H,4,6-7H2,1-2H3. The fourth-order valence-electron chi connectivity index (χ4n) is 1.07. The highest BCUT2D eigenvalue weighted by Gasteiger charge is 2.09. The average Bonchev–Trinajstić information content (AvgIpc) is 2.36. The third-order valence-electron chi connectivity index (χ3n) is 1.68. The fraction of sp³-hybridized carbons (Fsp3) is 0.667. The van der Waals surface area contributed by atoms with Crippen molar-refractivity contribution >= 4 is 17.2 Å². The summed E-state index contributed by atoms with van der Waals surface area (Å²) >= 11 is 5.13. The molecular weight excluding hydrogens is 170 g/mol. The van der Waals surface area contributed by atoms with Gasteiger partial charge in [-0.3, -0.25) is 0 Å².